The Hall–Kier alpha value is -3.45. The number of nitro benzene ring substituents is 1. The van der Waals surface area contributed by atoms with E-state index in [1.54, 1.807) is 79.7 Å². The number of hydrogen-bond acceptors (Lipinski definition) is 6. The highest BCUT2D eigenvalue weighted by atomic mass is 32.2. The number of carbonyl (C=O) groups excluding carboxylic acids is 2. The molecular weight excluding hydrogens is 402 g/mol. The van der Waals surface area contributed by atoms with Crippen molar-refractivity contribution in [2.24, 2.45) is 0 Å². The number of rotatable bonds is 8. The van der Waals surface area contributed by atoms with Gasteiger partial charge in [-0.3, -0.25) is 14.9 Å². The monoisotopic (exact) mass is 421 g/mol. The molecule has 0 fully saturated rings. The van der Waals surface area contributed by atoms with Gasteiger partial charge in [-0.1, -0.05) is 73.3 Å². The van der Waals surface area contributed by atoms with Crippen molar-refractivity contribution < 1.29 is 19.2 Å². The molecule has 1 atom stereocenters. The van der Waals surface area contributed by atoms with E-state index in [1.807, 2.05) is 0 Å². The van der Waals surface area contributed by atoms with Gasteiger partial charge in [0.1, 0.15) is 0 Å². The van der Waals surface area contributed by atoms with E-state index >= 15 is 0 Å². The minimum atomic E-state index is -0.913. The number of esters is 1. The summed E-state index contributed by atoms with van der Waals surface area (Å²) in [6.07, 6.45) is -0.581. The van der Waals surface area contributed by atoms with Crippen LogP contribution in [0.25, 0.3) is 0 Å². The van der Waals surface area contributed by atoms with Crippen LogP contribution < -0.4 is 0 Å². The van der Waals surface area contributed by atoms with Crippen molar-refractivity contribution in [1.82, 2.24) is 0 Å². The largest absolute Gasteiger partial charge is 0.450 e. The zero-order valence-corrected chi connectivity index (χ0v) is 17.0. The van der Waals surface area contributed by atoms with Gasteiger partial charge in [-0.25, -0.2) is 4.79 Å². The fraction of sp³-hybridized carbons (Fsp3) is 0.130. The summed E-state index contributed by atoms with van der Waals surface area (Å²) in [7, 11) is 0. The maximum absolute atomic E-state index is 12.9. The third-order valence-electron chi connectivity index (χ3n) is 4.36. The third kappa shape index (κ3) is 4.93. The highest BCUT2D eigenvalue weighted by molar-refractivity contribution is 7.99. The summed E-state index contributed by atoms with van der Waals surface area (Å²) in [5, 5.41) is 11.3. The first-order chi connectivity index (χ1) is 14.5. The number of ether oxygens (including phenoxy) is 1. The fourth-order valence-electron chi connectivity index (χ4n) is 2.84. The predicted molar refractivity (Wildman–Crippen MR) is 114 cm³/mol. The van der Waals surface area contributed by atoms with E-state index in [9.17, 15) is 19.7 Å². The molecule has 0 heterocycles. The average molecular weight is 421 g/mol. The van der Waals surface area contributed by atoms with Crippen molar-refractivity contribution in [3.63, 3.8) is 0 Å². The molecule has 0 aliphatic rings. The normalized spacial score (nSPS) is 11.5. The lowest BCUT2D eigenvalue weighted by Gasteiger charge is -2.16. The Kier molecular flexibility index (Phi) is 6.98. The molecule has 0 N–H and O–H groups in total. The van der Waals surface area contributed by atoms with E-state index in [4.69, 9.17) is 4.74 Å². The van der Waals surface area contributed by atoms with Crippen molar-refractivity contribution >= 4 is 29.2 Å². The van der Waals surface area contributed by atoms with Crippen LogP contribution in [-0.4, -0.2) is 22.8 Å². The van der Waals surface area contributed by atoms with Crippen molar-refractivity contribution in [1.29, 1.82) is 0 Å². The standard InChI is InChI=1S/C23H19NO5S/c1-2-19(22(25)16-10-4-3-5-11-16)29-23(26)17-12-6-8-14-20(17)30-21-15-9-7-13-18(21)24(27)28/h3-15,19H,2H2,1H3. The summed E-state index contributed by atoms with van der Waals surface area (Å²) in [5.74, 6) is -0.914. The highest BCUT2D eigenvalue weighted by Crippen LogP contribution is 2.36. The van der Waals surface area contributed by atoms with E-state index < -0.39 is 17.0 Å². The molecule has 0 saturated heterocycles. The second-order valence-corrected chi connectivity index (χ2v) is 7.44. The first-order valence-corrected chi connectivity index (χ1v) is 10.1. The van der Waals surface area contributed by atoms with Crippen LogP contribution in [0.15, 0.2) is 88.7 Å². The van der Waals surface area contributed by atoms with Gasteiger partial charge in [0, 0.05) is 16.5 Å². The Morgan fingerprint density at radius 1 is 0.933 bits per heavy atom. The molecule has 6 nitrogen and oxygen atoms in total. The second-order valence-electron chi connectivity index (χ2n) is 6.36. The Bertz CT molecular complexity index is 1070. The van der Waals surface area contributed by atoms with E-state index in [1.165, 1.54) is 6.07 Å². The third-order valence-corrected chi connectivity index (χ3v) is 5.50. The van der Waals surface area contributed by atoms with Gasteiger partial charge in [-0.2, -0.15) is 0 Å². The number of nitro groups is 1. The summed E-state index contributed by atoms with van der Waals surface area (Å²) in [6, 6.07) is 21.7. The zero-order chi connectivity index (χ0) is 21.5. The van der Waals surface area contributed by atoms with Crippen LogP contribution >= 0.6 is 11.8 Å². The predicted octanol–water partition coefficient (Wildman–Crippen LogP) is 5.56. The molecule has 0 amide bonds. The van der Waals surface area contributed by atoms with Crippen LogP contribution in [0, 0.1) is 10.1 Å². The molecule has 0 radical (unpaired) electrons. The molecule has 0 bridgehead atoms. The van der Waals surface area contributed by atoms with Crippen molar-refractivity contribution in [2.75, 3.05) is 0 Å². The van der Waals surface area contributed by atoms with E-state index in [2.05, 4.69) is 0 Å². The number of hydrogen-bond donors (Lipinski definition) is 0. The number of Topliss-reactive ketones (excluding diaryl/α,β-unsaturated/α-hetero) is 1. The van der Waals surface area contributed by atoms with E-state index in [0.717, 1.165) is 11.8 Å². The SMILES string of the molecule is CCC(OC(=O)c1ccccc1Sc1ccccc1[N+](=O)[O-])C(=O)c1ccccc1. The van der Waals surface area contributed by atoms with Crippen molar-refractivity contribution in [2.45, 2.75) is 29.2 Å². The molecule has 3 aromatic rings. The summed E-state index contributed by atoms with van der Waals surface area (Å²) in [6.45, 7) is 1.77. The number of ketones is 1. The first-order valence-electron chi connectivity index (χ1n) is 9.31. The molecular formula is C23H19NO5S. The van der Waals surface area contributed by atoms with Gasteiger partial charge < -0.3 is 4.74 Å². The maximum Gasteiger partial charge on any atom is 0.340 e. The number of carbonyl (C=O) groups is 2. The van der Waals surface area contributed by atoms with Crippen molar-refractivity contribution in [3.05, 3.63) is 100 Å². The highest BCUT2D eigenvalue weighted by Gasteiger charge is 2.25. The summed E-state index contributed by atoms with van der Waals surface area (Å²) in [4.78, 5) is 37.3. The van der Waals surface area contributed by atoms with Crippen LogP contribution in [-0.2, 0) is 4.74 Å². The lowest BCUT2D eigenvalue weighted by molar-refractivity contribution is -0.387. The molecule has 7 heteroatoms. The molecule has 152 valence electrons. The maximum atomic E-state index is 12.9. The number of para-hydroxylation sites is 1. The minimum absolute atomic E-state index is 0.0450. The van der Waals surface area contributed by atoms with Crippen LogP contribution in [0.2, 0.25) is 0 Å². The molecule has 3 aromatic carbocycles. The zero-order valence-electron chi connectivity index (χ0n) is 16.2. The lowest BCUT2D eigenvalue weighted by Crippen LogP contribution is -2.27. The minimum Gasteiger partial charge on any atom is -0.450 e. The Morgan fingerprint density at radius 3 is 2.20 bits per heavy atom. The molecule has 0 aliphatic heterocycles. The number of nitrogens with zero attached hydrogens (tertiary/aromatic N) is 1. The van der Waals surface area contributed by atoms with Crippen LogP contribution in [0.4, 0.5) is 5.69 Å². The van der Waals surface area contributed by atoms with Crippen LogP contribution in [0.3, 0.4) is 0 Å². The van der Waals surface area contributed by atoms with Gasteiger partial charge in [-0.15, -0.1) is 0 Å². The van der Waals surface area contributed by atoms with Gasteiger partial charge in [0.05, 0.1) is 15.4 Å². The molecule has 30 heavy (non-hydrogen) atoms. The molecule has 0 aromatic heterocycles. The fourth-order valence-corrected chi connectivity index (χ4v) is 3.88. The molecule has 3 rings (SSSR count). The van der Waals surface area contributed by atoms with Gasteiger partial charge in [-0.05, 0) is 24.6 Å². The Morgan fingerprint density at radius 2 is 1.53 bits per heavy atom. The van der Waals surface area contributed by atoms with Crippen LogP contribution in [0.5, 0.6) is 0 Å². The van der Waals surface area contributed by atoms with E-state index in [-0.39, 0.29) is 17.0 Å². The average Bonchev–Trinajstić information content (AvgIpc) is 2.78. The number of benzene rings is 3. The second kappa shape index (κ2) is 9.84. The Balaban J connectivity index is 1.84. The Labute approximate surface area is 178 Å². The summed E-state index contributed by atoms with van der Waals surface area (Å²) < 4.78 is 5.52. The van der Waals surface area contributed by atoms with Crippen LogP contribution in [0.1, 0.15) is 34.1 Å². The summed E-state index contributed by atoms with van der Waals surface area (Å²) in [5.41, 5.74) is 0.677. The lowest BCUT2D eigenvalue weighted by atomic mass is 10.0. The van der Waals surface area contributed by atoms with Gasteiger partial charge >= 0.3 is 5.97 Å². The summed E-state index contributed by atoms with van der Waals surface area (Å²) >= 11 is 1.11. The van der Waals surface area contributed by atoms with Crippen molar-refractivity contribution in [3.8, 4) is 0 Å². The smallest absolute Gasteiger partial charge is 0.340 e. The molecule has 0 aliphatic carbocycles. The topological polar surface area (TPSA) is 86.5 Å². The molecule has 0 spiro atoms. The molecule has 1 unspecified atom stereocenters. The van der Waals surface area contributed by atoms with Gasteiger partial charge in [0.15, 0.2) is 6.10 Å². The van der Waals surface area contributed by atoms with E-state index in [0.29, 0.717) is 21.8 Å². The van der Waals surface area contributed by atoms with Gasteiger partial charge in [0.25, 0.3) is 5.69 Å². The molecule has 0 saturated carbocycles. The van der Waals surface area contributed by atoms with Gasteiger partial charge in [0.2, 0.25) is 5.78 Å². The first kappa shape index (κ1) is 21.3. The quantitative estimate of drug-likeness (QED) is 0.205.